The van der Waals surface area contributed by atoms with Crippen molar-refractivity contribution in [2.45, 2.75) is 333 Å². The Labute approximate surface area is 583 Å². The number of benzene rings is 6. The topological polar surface area (TPSA) is 30.9 Å². The zero-order valence-corrected chi connectivity index (χ0v) is 68.2. The number of fused-ring (bicyclic) bond motifs is 3. The molecule has 0 aliphatic carbocycles. The van der Waals surface area contributed by atoms with Crippen LogP contribution in [0.1, 0.15) is 333 Å². The maximum absolute atomic E-state index is 8.49. The van der Waals surface area contributed by atoms with Crippen molar-refractivity contribution in [2.75, 3.05) is 19.6 Å². The monoisotopic (exact) mass is 1310 g/mol. The minimum Gasteiger partial charge on any atom is -0.408 e. The second-order valence-corrected chi connectivity index (χ2v) is 42.4. The van der Waals surface area contributed by atoms with Gasteiger partial charge in [0.2, 0.25) is 0 Å². The molecule has 0 N–H and O–H groups in total. The standard InChI is InChI=1S/C90H132NO3P/c1-79(2,3)55-43-64-61(70(49-55)85(19,20)21)37-40-91-41-38-62-65(44-56(80(4,5)6)50-71(62)86(22,23)24)68-47-59(83(13,14)15)53-74(89(31,32)33)77(68)93-95(92-76-67(64)46-58(82(10,11)12)52-73(76)88(28,29)30)94-78-69(48-60(84(16,17)18)54-75(78)90(34,35)36)66-45-57(81(7,8)9)51-72(87(25,26)27)63(66)39-42-91/h43-54H,37-42H2,1-36H3. The molecule has 0 unspecified atom stereocenters. The van der Waals surface area contributed by atoms with Crippen LogP contribution in [0.2, 0.25) is 0 Å². The molecule has 3 aliphatic rings. The molecule has 5 heteroatoms. The Balaban J connectivity index is 1.77. The van der Waals surface area contributed by atoms with Gasteiger partial charge >= 0.3 is 8.60 Å². The van der Waals surface area contributed by atoms with Crippen LogP contribution in [0.15, 0.2) is 72.8 Å². The molecule has 0 fully saturated rings. The van der Waals surface area contributed by atoms with Crippen LogP contribution in [0, 0.1) is 0 Å². The lowest BCUT2D eigenvalue weighted by Crippen LogP contribution is -2.33. The normalized spacial score (nSPS) is 17.1. The lowest BCUT2D eigenvalue weighted by Gasteiger charge is -2.37. The molecule has 0 saturated heterocycles. The van der Waals surface area contributed by atoms with E-state index in [1.165, 1.54) is 83.5 Å². The molecule has 3 heterocycles. The van der Waals surface area contributed by atoms with Gasteiger partial charge < -0.3 is 18.5 Å². The molecule has 0 amide bonds. The first-order valence-corrected chi connectivity index (χ1v) is 37.4. The molecular formula is C90H132NO3P. The van der Waals surface area contributed by atoms with E-state index in [2.05, 4.69) is 327 Å². The summed E-state index contributed by atoms with van der Waals surface area (Å²) in [4.78, 5) is 2.88. The summed E-state index contributed by atoms with van der Waals surface area (Å²) >= 11 is 0. The Hall–Kier alpha value is -4.89. The van der Waals surface area contributed by atoms with E-state index in [9.17, 15) is 0 Å². The average molecular weight is 1310 g/mol. The molecule has 0 aromatic heterocycles. The Bertz CT molecular complexity index is 3450. The van der Waals surface area contributed by atoms with Gasteiger partial charge in [-0.15, -0.1) is 0 Å². The molecule has 6 aromatic carbocycles. The Morgan fingerprint density at radius 1 is 0.221 bits per heavy atom. The lowest BCUT2D eigenvalue weighted by atomic mass is 9.73. The fourth-order valence-electron chi connectivity index (χ4n) is 14.0. The van der Waals surface area contributed by atoms with Gasteiger partial charge in [-0.05, 0) is 186 Å². The smallest absolute Gasteiger partial charge is 0.408 e. The highest BCUT2D eigenvalue weighted by Gasteiger charge is 2.41. The molecule has 9 rings (SSSR count). The SMILES string of the molecule is CC(C)(C)c1cc2c(c(C(C)(C)C)c1)CCN1CCc3c(cc(C(C)(C)C)cc3C(C)(C)C)-c3cc(C(C)(C)C)cc(C(C)(C)C)c3OP(Oc3c-2cc(C(C)(C)C)cc3C(C)(C)C)Oc2c(cc(C(C)(C)C)cc2C(C)(C)C)-c2cc(C(C)(C)C)cc(C(C)(C)C)c2CC1. The van der Waals surface area contributed by atoms with Gasteiger partial charge in [-0.3, -0.25) is 0 Å². The van der Waals surface area contributed by atoms with Gasteiger partial charge in [0, 0.05) is 53.0 Å². The van der Waals surface area contributed by atoms with E-state index < -0.39 is 8.60 Å². The van der Waals surface area contributed by atoms with Crippen LogP contribution in [0.3, 0.4) is 0 Å². The van der Waals surface area contributed by atoms with Gasteiger partial charge in [0.15, 0.2) is 0 Å². The van der Waals surface area contributed by atoms with E-state index in [0.717, 1.165) is 89.5 Å². The molecule has 4 nitrogen and oxygen atoms in total. The highest BCUT2D eigenvalue weighted by Crippen LogP contribution is 2.59. The van der Waals surface area contributed by atoms with Crippen molar-refractivity contribution in [3.05, 3.63) is 156 Å². The van der Waals surface area contributed by atoms with Gasteiger partial charge in [-0.1, -0.05) is 304 Å². The van der Waals surface area contributed by atoms with Crippen molar-refractivity contribution in [2.24, 2.45) is 0 Å². The molecule has 0 saturated carbocycles. The summed E-state index contributed by atoms with van der Waals surface area (Å²) in [5.41, 5.74) is 23.7. The molecular weight excluding hydrogens is 1170 g/mol. The average Bonchev–Trinajstić information content (AvgIpc) is 0.747. The van der Waals surface area contributed by atoms with E-state index in [1.54, 1.807) is 0 Å². The van der Waals surface area contributed by atoms with Gasteiger partial charge in [0.05, 0.1) is 0 Å². The van der Waals surface area contributed by atoms with Crippen molar-refractivity contribution in [1.29, 1.82) is 0 Å². The summed E-state index contributed by atoms with van der Waals surface area (Å²) in [5, 5.41) is 0. The minimum atomic E-state index is -2.42. The van der Waals surface area contributed by atoms with Crippen LogP contribution >= 0.6 is 8.60 Å². The number of hydrogen-bond acceptors (Lipinski definition) is 4. The van der Waals surface area contributed by atoms with Crippen LogP contribution in [-0.2, 0) is 84.2 Å². The second kappa shape index (κ2) is 25.1. The van der Waals surface area contributed by atoms with Crippen LogP contribution < -0.4 is 13.6 Å². The first kappa shape index (κ1) is 75.9. The highest BCUT2D eigenvalue weighted by molar-refractivity contribution is 7.43. The molecule has 95 heavy (non-hydrogen) atoms. The lowest BCUT2D eigenvalue weighted by molar-refractivity contribution is 0.282. The van der Waals surface area contributed by atoms with Crippen LogP contribution in [0.25, 0.3) is 33.4 Å². The predicted molar refractivity (Wildman–Crippen MR) is 416 cm³/mol. The maximum Gasteiger partial charge on any atom is 0.530 e. The minimum absolute atomic E-state index is 0.157. The Morgan fingerprint density at radius 3 is 0.558 bits per heavy atom. The number of hydrogen-bond donors (Lipinski definition) is 0. The summed E-state index contributed by atoms with van der Waals surface area (Å²) in [5.74, 6) is 2.48. The summed E-state index contributed by atoms with van der Waals surface area (Å²) in [6.45, 7) is 88.6. The fourth-order valence-corrected chi connectivity index (χ4v) is 15.2. The van der Waals surface area contributed by atoms with E-state index in [0.29, 0.717) is 0 Å². The molecule has 2 bridgehead atoms. The van der Waals surface area contributed by atoms with Gasteiger partial charge in [-0.25, -0.2) is 0 Å². The molecule has 520 valence electrons. The van der Waals surface area contributed by atoms with Gasteiger partial charge in [0.25, 0.3) is 0 Å². The third kappa shape index (κ3) is 16.6. The third-order valence-corrected chi connectivity index (χ3v) is 21.5. The first-order valence-electron chi connectivity index (χ1n) is 36.3. The Kier molecular flexibility index (Phi) is 20.0. The molecule has 0 radical (unpaired) electrons. The summed E-state index contributed by atoms with van der Waals surface area (Å²) in [6, 6.07) is 30.3. The highest BCUT2D eigenvalue weighted by atomic mass is 31.2. The van der Waals surface area contributed by atoms with Crippen molar-refractivity contribution >= 4 is 8.60 Å². The van der Waals surface area contributed by atoms with Gasteiger partial charge in [0.1, 0.15) is 17.2 Å². The largest absolute Gasteiger partial charge is 0.530 e. The zero-order chi connectivity index (χ0) is 71.9. The second-order valence-electron chi connectivity index (χ2n) is 41.4. The quantitative estimate of drug-likeness (QED) is 0.142. The summed E-state index contributed by atoms with van der Waals surface area (Å²) in [6.07, 6.45) is 2.55. The van der Waals surface area contributed by atoms with Crippen LogP contribution in [-0.4, -0.2) is 24.5 Å². The molecule has 0 spiro atoms. The van der Waals surface area contributed by atoms with E-state index in [4.69, 9.17) is 13.6 Å². The third-order valence-electron chi connectivity index (χ3n) is 20.5. The van der Waals surface area contributed by atoms with Crippen LogP contribution in [0.4, 0.5) is 0 Å². The number of rotatable bonds is 0. The van der Waals surface area contributed by atoms with Crippen molar-refractivity contribution in [3.8, 4) is 50.6 Å². The predicted octanol–water partition coefficient (Wildman–Crippen LogP) is 26.0. The van der Waals surface area contributed by atoms with Crippen LogP contribution in [0.5, 0.6) is 17.2 Å². The van der Waals surface area contributed by atoms with Crippen molar-refractivity contribution in [1.82, 2.24) is 4.90 Å². The molecule has 0 atom stereocenters. The van der Waals surface area contributed by atoms with E-state index >= 15 is 0 Å². The fraction of sp³-hybridized carbons (Fsp3) is 0.600. The summed E-state index contributed by atoms with van der Waals surface area (Å²) in [7, 11) is -2.42. The number of nitrogens with zero attached hydrogens (tertiary/aromatic N) is 1. The Morgan fingerprint density at radius 2 is 0.389 bits per heavy atom. The zero-order valence-electron chi connectivity index (χ0n) is 67.3. The molecule has 6 aromatic rings. The first-order chi connectivity index (χ1) is 42.7. The molecule has 3 aliphatic heterocycles. The van der Waals surface area contributed by atoms with Gasteiger partial charge in [-0.2, -0.15) is 0 Å². The summed E-state index contributed by atoms with van der Waals surface area (Å²) < 4.78 is 25.5. The maximum atomic E-state index is 8.49. The van der Waals surface area contributed by atoms with Crippen molar-refractivity contribution in [3.63, 3.8) is 0 Å². The van der Waals surface area contributed by atoms with Crippen molar-refractivity contribution < 1.29 is 13.6 Å². The van der Waals surface area contributed by atoms with E-state index in [1.807, 2.05) is 0 Å². The van der Waals surface area contributed by atoms with E-state index in [-0.39, 0.29) is 65.0 Å².